The van der Waals surface area contributed by atoms with Crippen molar-refractivity contribution < 1.29 is 0 Å². The summed E-state index contributed by atoms with van der Waals surface area (Å²) in [5.74, 6) is 0. The molecule has 0 fully saturated rings. The highest BCUT2D eigenvalue weighted by Gasteiger charge is 2.03. The lowest BCUT2D eigenvalue weighted by Gasteiger charge is -2.01. The molecule has 0 N–H and O–H groups in total. The van der Waals surface area contributed by atoms with Gasteiger partial charge in [0.2, 0.25) is 0 Å². The second kappa shape index (κ2) is 4.60. The van der Waals surface area contributed by atoms with Gasteiger partial charge in [0.1, 0.15) is 0 Å². The summed E-state index contributed by atoms with van der Waals surface area (Å²) in [6, 6.07) is 11.8. The molecule has 0 aliphatic carbocycles. The lowest BCUT2D eigenvalue weighted by Crippen LogP contribution is -1.95. The Hall–Kier alpha value is -1.12. The highest BCUT2D eigenvalue weighted by atomic mass is 35.5. The van der Waals surface area contributed by atoms with E-state index in [2.05, 4.69) is 10.2 Å². The van der Waals surface area contributed by atoms with E-state index in [1.807, 2.05) is 30.3 Å². The lowest BCUT2D eigenvalue weighted by molar-refractivity contribution is 0.937. The maximum absolute atomic E-state index is 5.85. The molecule has 2 nitrogen and oxygen atoms in total. The maximum atomic E-state index is 5.85. The van der Waals surface area contributed by atoms with Crippen LogP contribution < -0.4 is 0 Å². The molecule has 4 heteroatoms. The van der Waals surface area contributed by atoms with Crippen molar-refractivity contribution in [3.63, 3.8) is 0 Å². The summed E-state index contributed by atoms with van der Waals surface area (Å²) in [4.78, 5) is 0. The molecule has 0 aliphatic rings. The molecule has 0 bridgehead atoms. The molecule has 1 aromatic heterocycles. The molecule has 2 rings (SSSR count). The molecule has 1 aromatic carbocycles. The Morgan fingerprint density at radius 3 is 2.40 bits per heavy atom. The number of hydrogen-bond donors (Lipinski definition) is 0. The third kappa shape index (κ3) is 2.67. The number of rotatable bonds is 2. The van der Waals surface area contributed by atoms with Crippen molar-refractivity contribution in [2.24, 2.45) is 0 Å². The van der Waals surface area contributed by atoms with Crippen LogP contribution in [0.1, 0.15) is 11.3 Å². The van der Waals surface area contributed by atoms with Crippen molar-refractivity contribution in [1.29, 1.82) is 0 Å². The molecule has 0 saturated heterocycles. The summed E-state index contributed by atoms with van der Waals surface area (Å²) in [5, 5.41) is 8.41. The largest absolute Gasteiger partial charge is 0.170 e. The average Bonchev–Trinajstić information content (AvgIpc) is 2.25. The van der Waals surface area contributed by atoms with E-state index in [1.165, 1.54) is 5.56 Å². The quantitative estimate of drug-likeness (QED) is 0.802. The third-order valence-corrected chi connectivity index (χ3v) is 2.65. The van der Waals surface area contributed by atoms with Crippen molar-refractivity contribution in [2.75, 3.05) is 0 Å². The standard InChI is InChI=1S/C11H8Cl2N2/c12-10-7-9(14-15-11(10)13)6-8-4-2-1-3-5-8/h1-5,7H,6H2. The first-order valence-corrected chi connectivity index (χ1v) is 5.23. The van der Waals surface area contributed by atoms with Crippen LogP contribution in [0.5, 0.6) is 0 Å². The lowest BCUT2D eigenvalue weighted by atomic mass is 10.1. The molecule has 0 atom stereocenters. The zero-order chi connectivity index (χ0) is 10.7. The highest BCUT2D eigenvalue weighted by Crippen LogP contribution is 2.19. The van der Waals surface area contributed by atoms with Crippen LogP contribution in [0.25, 0.3) is 0 Å². The second-order valence-electron chi connectivity index (χ2n) is 3.14. The van der Waals surface area contributed by atoms with Gasteiger partial charge in [0.05, 0.1) is 10.7 Å². The van der Waals surface area contributed by atoms with Gasteiger partial charge in [0, 0.05) is 6.42 Å². The van der Waals surface area contributed by atoms with Crippen LogP contribution in [0.4, 0.5) is 0 Å². The summed E-state index contributed by atoms with van der Waals surface area (Å²) in [6.07, 6.45) is 0.713. The number of nitrogens with zero attached hydrogens (tertiary/aromatic N) is 2. The summed E-state index contributed by atoms with van der Waals surface area (Å²) in [7, 11) is 0. The molecule has 1 heterocycles. The summed E-state index contributed by atoms with van der Waals surface area (Å²) in [6.45, 7) is 0. The Morgan fingerprint density at radius 2 is 1.73 bits per heavy atom. The molecule has 0 amide bonds. The normalized spacial score (nSPS) is 10.3. The summed E-state index contributed by atoms with van der Waals surface area (Å²) in [5.41, 5.74) is 1.99. The summed E-state index contributed by atoms with van der Waals surface area (Å²) < 4.78 is 0. The molecule has 2 aromatic rings. The fourth-order valence-electron chi connectivity index (χ4n) is 1.28. The molecule has 0 unspecified atom stereocenters. The highest BCUT2D eigenvalue weighted by molar-refractivity contribution is 6.41. The molecular weight excluding hydrogens is 231 g/mol. The van der Waals surface area contributed by atoms with Crippen LogP contribution in [0.15, 0.2) is 36.4 Å². The van der Waals surface area contributed by atoms with Gasteiger partial charge in [-0.1, -0.05) is 53.5 Å². The van der Waals surface area contributed by atoms with Gasteiger partial charge in [-0.2, -0.15) is 5.10 Å². The Labute approximate surface area is 97.9 Å². The van der Waals surface area contributed by atoms with E-state index in [0.717, 1.165) is 5.69 Å². The molecule has 0 aliphatic heterocycles. The van der Waals surface area contributed by atoms with Crippen molar-refractivity contribution in [1.82, 2.24) is 10.2 Å². The zero-order valence-electron chi connectivity index (χ0n) is 7.82. The Bertz CT molecular complexity index is 457. The van der Waals surface area contributed by atoms with Gasteiger partial charge in [-0.25, -0.2) is 0 Å². The Balaban J connectivity index is 2.22. The van der Waals surface area contributed by atoms with E-state index in [4.69, 9.17) is 23.2 Å². The molecule has 0 radical (unpaired) electrons. The van der Waals surface area contributed by atoms with Crippen molar-refractivity contribution >= 4 is 23.2 Å². The number of benzene rings is 1. The number of aromatic nitrogens is 2. The van der Waals surface area contributed by atoms with Crippen molar-refractivity contribution in [3.05, 3.63) is 57.8 Å². The topological polar surface area (TPSA) is 25.8 Å². The van der Waals surface area contributed by atoms with Crippen molar-refractivity contribution in [3.8, 4) is 0 Å². The van der Waals surface area contributed by atoms with E-state index in [0.29, 0.717) is 11.4 Å². The Morgan fingerprint density at radius 1 is 1.00 bits per heavy atom. The van der Waals surface area contributed by atoms with Gasteiger partial charge in [-0.3, -0.25) is 0 Å². The molecule has 76 valence electrons. The molecular formula is C11H8Cl2N2. The third-order valence-electron chi connectivity index (χ3n) is 1.98. The van der Waals surface area contributed by atoms with E-state index in [-0.39, 0.29) is 5.15 Å². The predicted octanol–water partition coefficient (Wildman–Crippen LogP) is 3.37. The van der Waals surface area contributed by atoms with E-state index in [9.17, 15) is 0 Å². The molecule has 15 heavy (non-hydrogen) atoms. The Kier molecular flexibility index (Phi) is 3.19. The van der Waals surface area contributed by atoms with Gasteiger partial charge in [0.15, 0.2) is 5.15 Å². The van der Waals surface area contributed by atoms with Gasteiger partial charge in [0.25, 0.3) is 0 Å². The van der Waals surface area contributed by atoms with E-state index < -0.39 is 0 Å². The first-order valence-electron chi connectivity index (χ1n) is 4.47. The molecule has 0 spiro atoms. The minimum Gasteiger partial charge on any atom is -0.154 e. The van der Waals surface area contributed by atoms with Gasteiger partial charge >= 0.3 is 0 Å². The van der Waals surface area contributed by atoms with Crippen LogP contribution in [0.2, 0.25) is 10.2 Å². The first-order chi connectivity index (χ1) is 7.25. The average molecular weight is 239 g/mol. The van der Waals surface area contributed by atoms with Gasteiger partial charge < -0.3 is 0 Å². The number of halogens is 2. The number of hydrogen-bond acceptors (Lipinski definition) is 2. The van der Waals surface area contributed by atoms with Crippen LogP contribution in [-0.4, -0.2) is 10.2 Å². The monoisotopic (exact) mass is 238 g/mol. The van der Waals surface area contributed by atoms with Gasteiger partial charge in [-0.05, 0) is 11.6 Å². The zero-order valence-corrected chi connectivity index (χ0v) is 9.33. The fourth-order valence-corrected chi connectivity index (χ4v) is 1.54. The fraction of sp³-hybridized carbons (Fsp3) is 0.0909. The predicted molar refractivity (Wildman–Crippen MR) is 61.3 cm³/mol. The van der Waals surface area contributed by atoms with Crippen molar-refractivity contribution in [2.45, 2.75) is 6.42 Å². The minimum atomic E-state index is 0.244. The van der Waals surface area contributed by atoms with Crippen LogP contribution in [0.3, 0.4) is 0 Å². The van der Waals surface area contributed by atoms with E-state index in [1.54, 1.807) is 6.07 Å². The maximum Gasteiger partial charge on any atom is 0.170 e. The van der Waals surface area contributed by atoms with Crippen LogP contribution in [-0.2, 0) is 6.42 Å². The van der Waals surface area contributed by atoms with Crippen LogP contribution >= 0.6 is 23.2 Å². The van der Waals surface area contributed by atoms with Crippen LogP contribution in [0, 0.1) is 0 Å². The SMILES string of the molecule is Clc1cc(Cc2ccccc2)nnc1Cl. The first kappa shape index (κ1) is 10.4. The summed E-state index contributed by atoms with van der Waals surface area (Å²) >= 11 is 11.5. The minimum absolute atomic E-state index is 0.244. The van der Waals surface area contributed by atoms with Gasteiger partial charge in [-0.15, -0.1) is 5.10 Å². The van der Waals surface area contributed by atoms with E-state index >= 15 is 0 Å². The second-order valence-corrected chi connectivity index (χ2v) is 3.90. The molecule has 0 saturated carbocycles. The smallest absolute Gasteiger partial charge is 0.154 e.